The molecule has 0 spiro atoms. The molecule has 176 valence electrons. The van der Waals surface area contributed by atoms with Crippen molar-refractivity contribution in [2.24, 2.45) is 5.73 Å². The number of carbonyl (C=O) groups is 1. The zero-order chi connectivity index (χ0) is 22.9. The first-order chi connectivity index (χ1) is 16.0. The van der Waals surface area contributed by atoms with E-state index in [1.807, 2.05) is 25.1 Å². The Morgan fingerprint density at radius 2 is 1.85 bits per heavy atom. The van der Waals surface area contributed by atoms with Gasteiger partial charge in [-0.3, -0.25) is 4.79 Å². The Balaban J connectivity index is 1.18. The summed E-state index contributed by atoms with van der Waals surface area (Å²) in [4.78, 5) is 17.9. The van der Waals surface area contributed by atoms with Gasteiger partial charge in [-0.2, -0.15) is 0 Å². The molecule has 2 saturated heterocycles. The van der Waals surface area contributed by atoms with Crippen molar-refractivity contribution < 1.29 is 9.18 Å². The van der Waals surface area contributed by atoms with Crippen molar-refractivity contribution in [3.05, 3.63) is 53.3 Å². The average molecular weight is 452 g/mol. The molecule has 0 aromatic heterocycles. The summed E-state index contributed by atoms with van der Waals surface area (Å²) in [6.45, 7) is 6.20. The molecule has 0 radical (unpaired) electrons. The molecule has 3 aliphatic rings. The topological polar surface area (TPSA) is 73.6 Å². The Labute approximate surface area is 195 Å². The molecule has 0 bridgehead atoms. The van der Waals surface area contributed by atoms with Crippen molar-refractivity contribution in [3.63, 3.8) is 0 Å². The van der Waals surface area contributed by atoms with Crippen LogP contribution in [0, 0.1) is 12.7 Å². The van der Waals surface area contributed by atoms with E-state index in [0.29, 0.717) is 24.1 Å². The van der Waals surface area contributed by atoms with Crippen LogP contribution in [0.4, 0.5) is 21.5 Å². The summed E-state index contributed by atoms with van der Waals surface area (Å²) < 4.78 is 14.2. The number of nitrogens with two attached hydrogens (primary N) is 1. The minimum absolute atomic E-state index is 0.135. The molecule has 2 fully saturated rings. The number of rotatable bonds is 4. The number of fused-ring (bicyclic) bond motifs is 1. The summed E-state index contributed by atoms with van der Waals surface area (Å²) in [6, 6.07) is 11.8. The molecule has 1 amide bonds. The molecular weight excluding hydrogens is 417 g/mol. The van der Waals surface area contributed by atoms with Crippen LogP contribution in [0.15, 0.2) is 36.4 Å². The summed E-state index contributed by atoms with van der Waals surface area (Å²) in [7, 11) is 0. The monoisotopic (exact) mass is 451 g/mol. The number of carbonyl (C=O) groups excluding carboxylic acids is 1. The SMILES string of the molecule is Cc1ccc(F)c2c1NC(C(=O)Nc1cccc(N3CCC(N4CCC(N)CC4)CC3)c1)C2. The molecule has 0 saturated carbocycles. The number of likely N-dealkylation sites (tertiary alicyclic amines) is 1. The Morgan fingerprint density at radius 3 is 2.58 bits per heavy atom. The maximum absolute atomic E-state index is 14.2. The molecule has 3 heterocycles. The summed E-state index contributed by atoms with van der Waals surface area (Å²) in [5.41, 5.74) is 10.3. The number of nitrogens with zero attached hydrogens (tertiary/aromatic N) is 2. The van der Waals surface area contributed by atoms with E-state index in [1.54, 1.807) is 6.07 Å². The number of hydrogen-bond acceptors (Lipinski definition) is 5. The normalized spacial score (nSPS) is 22.2. The number of halogens is 1. The standard InChI is InChI=1S/C26H34FN5O/c1-17-5-6-23(27)22-16-24(30-25(17)22)26(33)29-19-3-2-4-21(15-19)32-13-9-20(10-14-32)31-11-7-18(28)8-12-31/h2-6,15,18,20,24,30H,7-14,16,28H2,1H3,(H,29,33). The van der Waals surface area contributed by atoms with Gasteiger partial charge in [-0.05, 0) is 75.5 Å². The number of amides is 1. The summed E-state index contributed by atoms with van der Waals surface area (Å²) in [5.74, 6) is -0.389. The van der Waals surface area contributed by atoms with Crippen molar-refractivity contribution in [1.29, 1.82) is 0 Å². The summed E-state index contributed by atoms with van der Waals surface area (Å²) >= 11 is 0. The molecule has 5 rings (SSSR count). The van der Waals surface area contributed by atoms with Crippen LogP contribution in [-0.4, -0.2) is 55.1 Å². The van der Waals surface area contributed by atoms with Crippen LogP contribution in [0.3, 0.4) is 0 Å². The molecule has 4 N–H and O–H groups in total. The quantitative estimate of drug-likeness (QED) is 0.664. The van der Waals surface area contributed by atoms with Gasteiger partial charge in [-0.25, -0.2) is 4.39 Å². The van der Waals surface area contributed by atoms with Crippen LogP contribution in [0.2, 0.25) is 0 Å². The van der Waals surface area contributed by atoms with Crippen molar-refractivity contribution in [2.45, 2.75) is 57.2 Å². The predicted octanol–water partition coefficient (Wildman–Crippen LogP) is 3.50. The number of anilines is 3. The molecule has 7 heteroatoms. The smallest absolute Gasteiger partial charge is 0.247 e. The van der Waals surface area contributed by atoms with Gasteiger partial charge in [0.2, 0.25) is 5.91 Å². The third-order valence-electron chi connectivity index (χ3n) is 7.54. The van der Waals surface area contributed by atoms with Crippen LogP contribution in [0.25, 0.3) is 0 Å². The van der Waals surface area contributed by atoms with Gasteiger partial charge in [0.15, 0.2) is 0 Å². The number of nitrogens with one attached hydrogen (secondary N) is 2. The molecule has 3 aliphatic heterocycles. The number of piperidine rings is 2. The van der Waals surface area contributed by atoms with Crippen molar-refractivity contribution >= 4 is 23.0 Å². The van der Waals surface area contributed by atoms with E-state index in [-0.39, 0.29) is 11.7 Å². The molecule has 6 nitrogen and oxygen atoms in total. The first kappa shape index (κ1) is 22.2. The van der Waals surface area contributed by atoms with Gasteiger partial charge >= 0.3 is 0 Å². The Morgan fingerprint density at radius 1 is 1.09 bits per heavy atom. The Kier molecular flexibility index (Phi) is 6.25. The van der Waals surface area contributed by atoms with E-state index < -0.39 is 6.04 Å². The maximum Gasteiger partial charge on any atom is 0.247 e. The molecule has 1 unspecified atom stereocenters. The molecule has 33 heavy (non-hydrogen) atoms. The lowest BCUT2D eigenvalue weighted by atomic mass is 9.98. The van der Waals surface area contributed by atoms with Gasteiger partial charge in [0.1, 0.15) is 11.9 Å². The molecular formula is C26H34FN5O. The lowest BCUT2D eigenvalue weighted by molar-refractivity contribution is -0.116. The molecule has 2 aromatic rings. The number of benzene rings is 2. The van der Waals surface area contributed by atoms with E-state index in [2.05, 4.69) is 26.5 Å². The fourth-order valence-electron chi connectivity index (χ4n) is 5.51. The lowest BCUT2D eigenvalue weighted by Crippen LogP contribution is -2.49. The van der Waals surface area contributed by atoms with Gasteiger partial charge in [0.05, 0.1) is 0 Å². The van der Waals surface area contributed by atoms with Gasteiger partial charge in [-0.1, -0.05) is 12.1 Å². The third kappa shape index (κ3) is 4.70. The summed E-state index contributed by atoms with van der Waals surface area (Å²) in [6.07, 6.45) is 4.88. The average Bonchev–Trinajstić information content (AvgIpc) is 3.30. The minimum Gasteiger partial charge on any atom is -0.373 e. The van der Waals surface area contributed by atoms with Gasteiger partial charge in [0, 0.05) is 54.2 Å². The van der Waals surface area contributed by atoms with Crippen LogP contribution in [-0.2, 0) is 11.2 Å². The summed E-state index contributed by atoms with van der Waals surface area (Å²) in [5, 5.41) is 6.24. The zero-order valence-corrected chi connectivity index (χ0v) is 19.3. The van der Waals surface area contributed by atoms with Crippen molar-refractivity contribution in [2.75, 3.05) is 41.7 Å². The van der Waals surface area contributed by atoms with E-state index in [9.17, 15) is 9.18 Å². The van der Waals surface area contributed by atoms with Gasteiger partial charge in [-0.15, -0.1) is 0 Å². The van der Waals surface area contributed by atoms with Crippen LogP contribution in [0.5, 0.6) is 0 Å². The highest BCUT2D eigenvalue weighted by atomic mass is 19.1. The largest absolute Gasteiger partial charge is 0.373 e. The van der Waals surface area contributed by atoms with Crippen molar-refractivity contribution in [1.82, 2.24) is 4.90 Å². The molecule has 2 aromatic carbocycles. The second kappa shape index (κ2) is 9.31. The van der Waals surface area contributed by atoms with E-state index in [1.165, 1.54) is 6.07 Å². The van der Waals surface area contributed by atoms with E-state index >= 15 is 0 Å². The van der Waals surface area contributed by atoms with Crippen molar-refractivity contribution in [3.8, 4) is 0 Å². The highest BCUT2D eigenvalue weighted by molar-refractivity contribution is 5.98. The van der Waals surface area contributed by atoms with E-state index in [0.717, 1.165) is 74.5 Å². The first-order valence-corrected chi connectivity index (χ1v) is 12.2. The Bertz CT molecular complexity index is 981. The maximum atomic E-state index is 14.2. The molecule has 1 atom stereocenters. The highest BCUT2D eigenvalue weighted by Gasteiger charge is 2.30. The fraction of sp³-hybridized carbons (Fsp3) is 0.500. The second-order valence-electron chi connectivity index (χ2n) is 9.75. The van der Waals surface area contributed by atoms with Crippen LogP contribution >= 0.6 is 0 Å². The molecule has 0 aliphatic carbocycles. The van der Waals surface area contributed by atoms with Gasteiger partial charge in [0.25, 0.3) is 0 Å². The highest BCUT2D eigenvalue weighted by Crippen LogP contribution is 2.32. The third-order valence-corrected chi connectivity index (χ3v) is 7.54. The second-order valence-corrected chi connectivity index (χ2v) is 9.75. The Hall–Kier alpha value is -2.64. The van der Waals surface area contributed by atoms with Crippen LogP contribution < -0.4 is 21.3 Å². The lowest BCUT2D eigenvalue weighted by Gasteiger charge is -2.42. The minimum atomic E-state index is -0.465. The zero-order valence-electron chi connectivity index (χ0n) is 19.3. The first-order valence-electron chi connectivity index (χ1n) is 12.2. The number of aryl methyl sites for hydroxylation is 1. The predicted molar refractivity (Wildman–Crippen MR) is 131 cm³/mol. The van der Waals surface area contributed by atoms with Gasteiger partial charge < -0.3 is 26.2 Å². The van der Waals surface area contributed by atoms with E-state index in [4.69, 9.17) is 5.73 Å². The van der Waals surface area contributed by atoms with Crippen LogP contribution in [0.1, 0.15) is 36.8 Å². The number of hydrogen-bond donors (Lipinski definition) is 3. The fourth-order valence-corrected chi connectivity index (χ4v) is 5.51.